The normalized spacial score (nSPS) is 20.3. The van der Waals surface area contributed by atoms with Crippen molar-refractivity contribution in [3.05, 3.63) is 17.6 Å². The third-order valence-electron chi connectivity index (χ3n) is 7.63. The Morgan fingerprint density at radius 3 is 2.41 bits per heavy atom. The number of nitrogens with one attached hydrogen (secondary N) is 1. The number of piperidine rings is 1. The number of aromatic nitrogens is 2. The molecule has 1 aromatic rings. The zero-order chi connectivity index (χ0) is 30.3. The Labute approximate surface area is 244 Å². The first-order chi connectivity index (χ1) is 19.3. The SMILES string of the molecule is COCCCNc1nc(C(C)(C)C)ncc1C(=O)N(CC(C)C)[C@H]1C[C@@H](C(=O)N2CCN(C)CC2)CN(C(=O)O)C1. The molecule has 2 atom stereocenters. The first-order valence-corrected chi connectivity index (χ1v) is 14.7. The number of likely N-dealkylation sites (tertiary alicyclic amines) is 1. The van der Waals surface area contributed by atoms with E-state index in [1.54, 1.807) is 18.2 Å². The molecule has 3 heterocycles. The van der Waals surface area contributed by atoms with E-state index in [0.717, 1.165) is 19.5 Å². The Morgan fingerprint density at radius 2 is 1.83 bits per heavy atom. The number of rotatable bonds is 10. The molecule has 0 spiro atoms. The van der Waals surface area contributed by atoms with Crippen molar-refractivity contribution >= 4 is 23.7 Å². The van der Waals surface area contributed by atoms with Crippen LogP contribution in [-0.2, 0) is 14.9 Å². The van der Waals surface area contributed by atoms with Crippen LogP contribution in [0.2, 0.25) is 0 Å². The van der Waals surface area contributed by atoms with E-state index in [2.05, 4.69) is 15.2 Å². The van der Waals surface area contributed by atoms with E-state index in [-0.39, 0.29) is 36.2 Å². The van der Waals surface area contributed by atoms with Gasteiger partial charge in [-0.05, 0) is 25.8 Å². The average molecular weight is 576 g/mol. The highest BCUT2D eigenvalue weighted by Gasteiger charge is 2.40. The summed E-state index contributed by atoms with van der Waals surface area (Å²) in [6.07, 6.45) is 1.64. The fourth-order valence-corrected chi connectivity index (χ4v) is 5.32. The molecule has 2 aliphatic heterocycles. The van der Waals surface area contributed by atoms with E-state index < -0.39 is 18.1 Å². The minimum Gasteiger partial charge on any atom is -0.465 e. The molecule has 41 heavy (non-hydrogen) atoms. The van der Waals surface area contributed by atoms with E-state index in [9.17, 15) is 19.5 Å². The fourth-order valence-electron chi connectivity index (χ4n) is 5.32. The maximum atomic E-state index is 14.3. The molecule has 2 fully saturated rings. The van der Waals surface area contributed by atoms with Crippen LogP contribution in [0, 0.1) is 11.8 Å². The number of likely N-dealkylation sites (N-methyl/N-ethyl adjacent to an activating group) is 1. The van der Waals surface area contributed by atoms with E-state index in [0.29, 0.717) is 56.4 Å². The van der Waals surface area contributed by atoms with E-state index in [1.807, 2.05) is 46.6 Å². The Bertz CT molecular complexity index is 1050. The molecule has 0 saturated carbocycles. The van der Waals surface area contributed by atoms with Crippen molar-refractivity contribution in [1.82, 2.24) is 29.6 Å². The number of carbonyl (C=O) groups is 3. The van der Waals surface area contributed by atoms with Crippen molar-refractivity contribution in [2.45, 2.75) is 58.9 Å². The topological polar surface area (TPSA) is 131 Å². The summed E-state index contributed by atoms with van der Waals surface area (Å²) in [5.74, 6) is 0.378. The summed E-state index contributed by atoms with van der Waals surface area (Å²) in [4.78, 5) is 56.3. The van der Waals surface area contributed by atoms with Crippen LogP contribution in [-0.4, -0.2) is 132 Å². The minimum atomic E-state index is -1.08. The van der Waals surface area contributed by atoms with Crippen molar-refractivity contribution < 1.29 is 24.2 Å². The van der Waals surface area contributed by atoms with Crippen LogP contribution >= 0.6 is 0 Å². The number of nitrogens with zero attached hydrogens (tertiary/aromatic N) is 6. The molecule has 12 nitrogen and oxygen atoms in total. The second-order valence-electron chi connectivity index (χ2n) is 12.7. The van der Waals surface area contributed by atoms with Crippen LogP contribution in [0.1, 0.15) is 63.6 Å². The highest BCUT2D eigenvalue weighted by Crippen LogP contribution is 2.28. The molecule has 12 heteroatoms. The van der Waals surface area contributed by atoms with Gasteiger partial charge >= 0.3 is 6.09 Å². The summed E-state index contributed by atoms with van der Waals surface area (Å²) >= 11 is 0. The van der Waals surface area contributed by atoms with Crippen LogP contribution in [0.15, 0.2) is 6.20 Å². The smallest absolute Gasteiger partial charge is 0.407 e. The standard InChI is InChI=1S/C29H49N7O5/c1-20(2)17-36(26(38)23-16-31-27(29(3,4)5)32-24(23)30-9-8-14-41-7)22-15-21(18-35(19-22)28(39)40)25(37)34-12-10-33(6)11-13-34/h16,20-22H,8-15,17-19H2,1-7H3,(H,39,40)(H,30,31,32)/t21-,22+/m1/s1. The first kappa shape index (κ1) is 32.5. The highest BCUT2D eigenvalue weighted by molar-refractivity contribution is 5.98. The number of methoxy groups -OCH3 is 1. The first-order valence-electron chi connectivity index (χ1n) is 14.7. The molecular weight excluding hydrogens is 526 g/mol. The molecule has 0 aromatic carbocycles. The molecular formula is C29H49N7O5. The fraction of sp³-hybridized carbons (Fsp3) is 0.759. The van der Waals surface area contributed by atoms with Crippen molar-refractivity contribution in [2.24, 2.45) is 11.8 Å². The summed E-state index contributed by atoms with van der Waals surface area (Å²) in [6.45, 7) is 14.7. The lowest BCUT2D eigenvalue weighted by Gasteiger charge is -2.43. The number of ether oxygens (including phenoxy) is 1. The minimum absolute atomic E-state index is 0.0376. The van der Waals surface area contributed by atoms with Crippen molar-refractivity contribution in [3.63, 3.8) is 0 Å². The van der Waals surface area contributed by atoms with Gasteiger partial charge in [0.05, 0.1) is 12.0 Å². The monoisotopic (exact) mass is 575 g/mol. The zero-order valence-electron chi connectivity index (χ0n) is 25.9. The summed E-state index contributed by atoms with van der Waals surface area (Å²) in [5.41, 5.74) is 0.0233. The van der Waals surface area contributed by atoms with Gasteiger partial charge in [-0.3, -0.25) is 9.59 Å². The van der Waals surface area contributed by atoms with E-state index in [4.69, 9.17) is 9.72 Å². The van der Waals surface area contributed by atoms with Gasteiger partial charge in [0, 0.05) is 77.7 Å². The number of piperazine rings is 1. The van der Waals surface area contributed by atoms with Gasteiger partial charge in [-0.15, -0.1) is 0 Å². The third-order valence-corrected chi connectivity index (χ3v) is 7.63. The van der Waals surface area contributed by atoms with Crippen molar-refractivity contribution in [3.8, 4) is 0 Å². The van der Waals surface area contributed by atoms with Crippen LogP contribution in [0.25, 0.3) is 0 Å². The molecule has 2 aliphatic rings. The molecule has 0 radical (unpaired) electrons. The van der Waals surface area contributed by atoms with Gasteiger partial charge < -0.3 is 34.8 Å². The summed E-state index contributed by atoms with van der Waals surface area (Å²) < 4.78 is 5.17. The Hall–Kier alpha value is -2.99. The number of carboxylic acid groups (broad SMARTS) is 1. The van der Waals surface area contributed by atoms with Gasteiger partial charge in [-0.2, -0.15) is 0 Å². The summed E-state index contributed by atoms with van der Waals surface area (Å²) in [7, 11) is 3.67. The maximum Gasteiger partial charge on any atom is 0.407 e. The summed E-state index contributed by atoms with van der Waals surface area (Å²) in [6, 6.07) is -0.459. The lowest BCUT2D eigenvalue weighted by atomic mass is 9.91. The molecule has 0 unspecified atom stereocenters. The summed E-state index contributed by atoms with van der Waals surface area (Å²) in [5, 5.41) is 13.3. The van der Waals surface area contributed by atoms with Gasteiger partial charge in [-0.1, -0.05) is 34.6 Å². The number of hydrogen-bond donors (Lipinski definition) is 2. The molecule has 0 aliphatic carbocycles. The quantitative estimate of drug-likeness (QED) is 0.404. The molecule has 2 saturated heterocycles. The lowest BCUT2D eigenvalue weighted by molar-refractivity contribution is -0.139. The number of amides is 3. The predicted molar refractivity (Wildman–Crippen MR) is 157 cm³/mol. The van der Waals surface area contributed by atoms with E-state index in [1.165, 1.54) is 4.90 Å². The second kappa shape index (κ2) is 14.3. The zero-order valence-corrected chi connectivity index (χ0v) is 25.9. The van der Waals surface area contributed by atoms with Crippen molar-refractivity contribution in [2.75, 3.05) is 78.4 Å². The van der Waals surface area contributed by atoms with Crippen LogP contribution in [0.4, 0.5) is 10.6 Å². The average Bonchev–Trinajstić information content (AvgIpc) is 2.92. The molecule has 230 valence electrons. The Balaban J connectivity index is 1.93. The van der Waals surface area contributed by atoms with Crippen LogP contribution in [0.3, 0.4) is 0 Å². The second-order valence-corrected chi connectivity index (χ2v) is 12.7. The molecule has 2 N–H and O–H groups in total. The molecule has 1 aromatic heterocycles. The predicted octanol–water partition coefficient (Wildman–Crippen LogP) is 2.46. The lowest BCUT2D eigenvalue weighted by Crippen LogP contribution is -2.58. The molecule has 3 amide bonds. The third kappa shape index (κ3) is 8.75. The molecule has 0 bridgehead atoms. The Kier molecular flexibility index (Phi) is 11.3. The number of anilines is 1. The van der Waals surface area contributed by atoms with Gasteiger partial charge in [0.15, 0.2) is 0 Å². The number of carbonyl (C=O) groups excluding carboxylic acids is 2. The largest absolute Gasteiger partial charge is 0.465 e. The Morgan fingerprint density at radius 1 is 1.15 bits per heavy atom. The van der Waals surface area contributed by atoms with E-state index >= 15 is 0 Å². The van der Waals surface area contributed by atoms with Gasteiger partial charge in [-0.25, -0.2) is 14.8 Å². The van der Waals surface area contributed by atoms with Crippen LogP contribution in [0.5, 0.6) is 0 Å². The van der Waals surface area contributed by atoms with Gasteiger partial charge in [0.1, 0.15) is 17.2 Å². The van der Waals surface area contributed by atoms with Gasteiger partial charge in [0.2, 0.25) is 5.91 Å². The van der Waals surface area contributed by atoms with Crippen molar-refractivity contribution in [1.29, 1.82) is 0 Å². The van der Waals surface area contributed by atoms with Crippen LogP contribution < -0.4 is 5.32 Å². The highest BCUT2D eigenvalue weighted by atomic mass is 16.5. The van der Waals surface area contributed by atoms with Gasteiger partial charge in [0.25, 0.3) is 5.91 Å². The maximum absolute atomic E-state index is 14.3. The number of hydrogen-bond acceptors (Lipinski definition) is 8. The molecule has 3 rings (SSSR count).